The number of rotatable bonds is 0. The van der Waals surface area contributed by atoms with Gasteiger partial charge in [0.05, 0.1) is 34.9 Å². The zero-order valence-corrected chi connectivity index (χ0v) is 62.3. The second-order valence-electron chi connectivity index (χ2n) is 23.8. The smallest absolute Gasteiger partial charge is 0.173 e. The molecule has 9 aromatic rings. The number of halogens is 24. The van der Waals surface area contributed by atoms with E-state index in [1.54, 1.807) is 0 Å². The molecule has 0 atom stereocenters. The predicted molar refractivity (Wildman–Crippen MR) is 365 cm³/mol. The molecule has 0 aliphatic carbocycles. The molecule has 32 heterocycles. The Hall–Kier alpha value is -6.48. The van der Waals surface area contributed by atoms with Crippen LogP contribution in [0.2, 0.25) is 0 Å². The molecule has 0 saturated carbocycles. The van der Waals surface area contributed by atoms with E-state index in [1.807, 2.05) is 71.3 Å². The number of aromatic nitrogens is 6. The number of ether oxygens (including phenoxy) is 4. The SMILES string of the molecule is Cc1c2c3c(C)n1CCOCCOc1ccc(cc1)OCCOCCn1c(C)c4c(c1C)SC(=C(S2)S3)S4.F[P-](F)(F)(F)(F)F.F[P-](F)(F)(F)(F)F.F[P-](F)(F)(F)(F)F.F[P-](F)(F)(F)(F)F.c1cc2ccc1C[n+]1ccc(cc1)-c1cc[n+](cc1)Cc1ccc(cc1)C[n+]1ccc(cc1)-c1cc[n+](cc1)C2. The van der Waals surface area contributed by atoms with Crippen LogP contribution in [0.1, 0.15) is 45.0 Å². The fourth-order valence-electron chi connectivity index (χ4n) is 10.3. The van der Waals surface area contributed by atoms with E-state index in [4.69, 9.17) is 18.9 Å². The van der Waals surface area contributed by atoms with Crippen molar-refractivity contribution in [3.63, 3.8) is 0 Å². The summed E-state index contributed by atoms with van der Waals surface area (Å²) in [6.07, 6.45) is 17.4. The largest absolute Gasteiger partial charge is 0.201 e. The second-order valence-corrected chi connectivity index (χ2v) is 36.1. The number of hydrogen-bond donors (Lipinski definition) is 0. The van der Waals surface area contributed by atoms with Crippen molar-refractivity contribution in [2.24, 2.45) is 0 Å². The molecular weight excluding hydrogens is 1620 g/mol. The molecule has 26 aliphatic rings. The molecule has 0 radical (unpaired) electrons. The van der Waals surface area contributed by atoms with Gasteiger partial charge < -0.3 is 28.1 Å². The van der Waals surface area contributed by atoms with E-state index in [-0.39, 0.29) is 0 Å². The van der Waals surface area contributed by atoms with Crippen molar-refractivity contribution in [1.82, 2.24) is 9.13 Å². The van der Waals surface area contributed by atoms with Crippen LogP contribution in [0.3, 0.4) is 0 Å². The van der Waals surface area contributed by atoms with Gasteiger partial charge in [-0.15, -0.1) is 0 Å². The Morgan fingerprint density at radius 2 is 0.462 bits per heavy atom. The van der Waals surface area contributed by atoms with Crippen molar-refractivity contribution < 1.29 is 138 Å². The summed E-state index contributed by atoms with van der Waals surface area (Å²) >= 11 is 7.74. The number of hydrogen-bond acceptors (Lipinski definition) is 8. The zero-order valence-electron chi connectivity index (χ0n) is 55.5. The molecule has 42 heteroatoms. The van der Waals surface area contributed by atoms with E-state index in [1.165, 1.54) is 95.3 Å². The molecule has 35 rings (SSSR count). The van der Waals surface area contributed by atoms with Gasteiger partial charge in [0.2, 0.25) is 0 Å². The van der Waals surface area contributed by atoms with Gasteiger partial charge in [-0.1, -0.05) is 95.6 Å². The van der Waals surface area contributed by atoms with Crippen molar-refractivity contribution in [3.8, 4) is 33.8 Å². The third-order valence-corrected chi connectivity index (χ3v) is 20.9. The molecule has 6 aromatic heterocycles. The van der Waals surface area contributed by atoms with Gasteiger partial charge in [0, 0.05) is 126 Å². The molecule has 0 fully saturated rings. The van der Waals surface area contributed by atoms with Crippen LogP contribution >= 0.6 is 78.3 Å². The standard InChI is InChI=1S/C36H32N4.C28H32N2O4S4.4F6P/c1-2-30-4-3-29(1)25-37-17-9-33(10-18-37)35-13-21-39(22-14-35)27-31-5-7-32(8-6-31)28-40-23-15-36(16-24-40)34-11-19-38(26-30)20-12-34;1-17-23-24-18(2)29(17)9-11-31-13-15-33-21-5-7-22(8-6-21)34-16-14-32-12-10-30-19(3)25-26(20(30)4)38-28(37-25)27(35-23)36-24;4*1-7(2,3,4,5)6/h1-24H,25-28H2;5-8H,9-16H2,1-4H3;;;;/q+4;;4*-1. The van der Waals surface area contributed by atoms with Crippen molar-refractivity contribution >= 4 is 78.3 Å². The number of pyridine rings is 4. The number of benzene rings is 3. The molecule has 106 heavy (non-hydrogen) atoms. The fourth-order valence-corrected chi connectivity index (χ4v) is 16.2. The van der Waals surface area contributed by atoms with Gasteiger partial charge in [-0.3, -0.25) is 0 Å². The van der Waals surface area contributed by atoms with Gasteiger partial charge in [-0.2, -0.15) is 0 Å². The van der Waals surface area contributed by atoms with Crippen LogP contribution < -0.4 is 27.7 Å². The van der Waals surface area contributed by atoms with Crippen LogP contribution in [0.25, 0.3) is 22.3 Å². The Labute approximate surface area is 606 Å². The molecule has 0 unspecified atom stereocenters. The van der Waals surface area contributed by atoms with Crippen LogP contribution in [0.5, 0.6) is 11.5 Å². The van der Waals surface area contributed by atoms with Crippen molar-refractivity contribution in [2.75, 3.05) is 39.6 Å². The first-order valence-corrected chi connectivity index (χ1v) is 42.2. The van der Waals surface area contributed by atoms with E-state index in [0.29, 0.717) is 39.6 Å². The molecule has 0 amide bonds. The predicted octanol–water partition coefficient (Wildman–Crippen LogP) is 25.5. The second kappa shape index (κ2) is 29.1. The Kier molecular flexibility index (Phi) is 23.3. The maximum Gasteiger partial charge on any atom is 0.173 e. The Balaban J connectivity index is 0.000000197. The maximum absolute atomic E-state index is 10.7. The first-order chi connectivity index (χ1) is 48.0. The Bertz CT molecular complexity index is 4040. The van der Waals surface area contributed by atoms with Crippen molar-refractivity contribution in [3.05, 3.63) is 224 Å². The summed E-state index contributed by atoms with van der Waals surface area (Å²) < 4.78 is 277. The average Bonchev–Trinajstić information content (AvgIpc) is 1.42. The van der Waals surface area contributed by atoms with Gasteiger partial charge in [0.25, 0.3) is 0 Å². The summed E-state index contributed by atoms with van der Waals surface area (Å²) in [7, 11) is -42.6. The first kappa shape index (κ1) is 85.1. The maximum atomic E-state index is 9.87. The van der Waals surface area contributed by atoms with Gasteiger partial charge in [0.1, 0.15) is 24.7 Å². The summed E-state index contributed by atoms with van der Waals surface area (Å²) in [5.41, 5.74) is 15.4. The van der Waals surface area contributed by atoms with Crippen molar-refractivity contribution in [2.45, 2.75) is 86.5 Å². The fraction of sp³-hybridized carbons (Fsp3) is 0.250. The van der Waals surface area contributed by atoms with Crippen LogP contribution in [0.15, 0.2) is 199 Å². The minimum atomic E-state index is -10.7. The molecule has 26 aliphatic heterocycles. The molecule has 0 N–H and O–H groups in total. The van der Waals surface area contributed by atoms with Crippen LogP contribution in [0, 0.1) is 27.7 Å². The molecule has 586 valence electrons. The Morgan fingerprint density at radius 1 is 0.274 bits per heavy atom. The summed E-state index contributed by atoms with van der Waals surface area (Å²) in [6, 6.07) is 43.3. The van der Waals surface area contributed by atoms with E-state index in [2.05, 4.69) is 202 Å². The van der Waals surface area contributed by atoms with Gasteiger partial charge in [-0.05, 0) is 74.2 Å². The van der Waals surface area contributed by atoms with Gasteiger partial charge >= 0.3 is 132 Å². The third-order valence-electron chi connectivity index (χ3n) is 14.8. The number of thioether (sulfide) groups is 4. The molecule has 10 nitrogen and oxygen atoms in total. The molecule has 3 aromatic carbocycles. The zero-order chi connectivity index (χ0) is 78.6. The molecule has 0 spiro atoms. The molecule has 0 saturated heterocycles. The van der Waals surface area contributed by atoms with E-state index >= 15 is 0 Å². The van der Waals surface area contributed by atoms with E-state index < -0.39 is 31.2 Å². The average molecular weight is 1690 g/mol. The first-order valence-electron chi connectivity index (χ1n) is 30.8. The van der Waals surface area contributed by atoms with Crippen LogP contribution in [-0.2, 0) is 48.7 Å². The monoisotopic (exact) mass is 1690 g/mol. The Morgan fingerprint density at radius 3 is 0.651 bits per heavy atom. The van der Waals surface area contributed by atoms with Crippen LogP contribution in [0.4, 0.5) is 101 Å². The summed E-state index contributed by atoms with van der Waals surface area (Å²) in [4.78, 5) is 5.61. The number of nitrogens with zero attached hydrogens (tertiary/aromatic N) is 6. The summed E-state index contributed by atoms with van der Waals surface area (Å²) in [5, 5.41) is 0. The minimum absolute atomic E-state index is 0.523. The van der Waals surface area contributed by atoms with E-state index in [0.717, 1.165) is 50.8 Å². The molecular formula is C64H64F24N6O4P4S4. The van der Waals surface area contributed by atoms with Crippen molar-refractivity contribution in [1.29, 1.82) is 0 Å². The van der Waals surface area contributed by atoms with E-state index in [9.17, 15) is 101 Å². The summed E-state index contributed by atoms with van der Waals surface area (Å²) in [5.74, 6) is 1.64. The quantitative estimate of drug-likeness (QED) is 0.0846. The van der Waals surface area contributed by atoms with Gasteiger partial charge in [-0.25, -0.2) is 18.3 Å². The third kappa shape index (κ3) is 33.2. The minimum Gasteiger partial charge on any atom is -0.201 e. The van der Waals surface area contributed by atoms with Gasteiger partial charge in [0.15, 0.2) is 75.8 Å². The molecule has 22 bridgehead atoms. The van der Waals surface area contributed by atoms with Crippen LogP contribution in [-0.4, -0.2) is 48.8 Å². The summed E-state index contributed by atoms with van der Waals surface area (Å²) in [6.45, 7) is 17.6. The normalized spacial score (nSPS) is 17.5. The topological polar surface area (TPSA) is 62.3 Å².